The van der Waals surface area contributed by atoms with E-state index in [0.29, 0.717) is 18.7 Å². The molecule has 1 amide bonds. The predicted molar refractivity (Wildman–Crippen MR) is 117 cm³/mol. The number of aryl methyl sites for hydroxylation is 1. The van der Waals surface area contributed by atoms with E-state index >= 15 is 0 Å². The van der Waals surface area contributed by atoms with Gasteiger partial charge in [-0.3, -0.25) is 4.79 Å². The molecule has 4 rings (SSSR count). The molecule has 150 valence electrons. The number of aromatic hydroxyl groups is 1. The molecule has 3 aromatic rings. The van der Waals surface area contributed by atoms with Crippen LogP contribution < -0.4 is 5.32 Å². The van der Waals surface area contributed by atoms with E-state index in [1.54, 1.807) is 29.5 Å². The highest BCUT2D eigenvalue weighted by Crippen LogP contribution is 2.42. The van der Waals surface area contributed by atoms with Crippen LogP contribution in [0.25, 0.3) is 0 Å². The number of carbonyl (C=O) groups excluding carboxylic acids is 1. The number of anilines is 1. The van der Waals surface area contributed by atoms with Crippen LogP contribution in [0.1, 0.15) is 40.0 Å². The van der Waals surface area contributed by atoms with Gasteiger partial charge in [-0.25, -0.2) is 4.98 Å². The minimum Gasteiger partial charge on any atom is -0.508 e. The van der Waals surface area contributed by atoms with Gasteiger partial charge in [0.2, 0.25) is 0 Å². The van der Waals surface area contributed by atoms with Gasteiger partial charge in [0.25, 0.3) is 5.91 Å². The fourth-order valence-electron chi connectivity index (χ4n) is 4.21. The van der Waals surface area contributed by atoms with Gasteiger partial charge in [-0.2, -0.15) is 0 Å². The summed E-state index contributed by atoms with van der Waals surface area (Å²) in [4.78, 5) is 19.8. The summed E-state index contributed by atoms with van der Waals surface area (Å²) >= 11 is 1.62. The number of phenols is 1. The molecule has 1 saturated heterocycles. The van der Waals surface area contributed by atoms with Crippen LogP contribution in [0.5, 0.6) is 5.75 Å². The minimum atomic E-state index is -0.187. The number of piperidine rings is 1. The first-order valence-corrected chi connectivity index (χ1v) is 10.7. The van der Waals surface area contributed by atoms with E-state index in [1.807, 2.05) is 24.9 Å². The van der Waals surface area contributed by atoms with Crippen molar-refractivity contribution in [3.63, 3.8) is 0 Å². The molecule has 2 N–H and O–H groups in total. The van der Waals surface area contributed by atoms with Crippen LogP contribution in [0.15, 0.2) is 53.9 Å². The number of thiazole rings is 1. The lowest BCUT2D eigenvalue weighted by Crippen LogP contribution is -2.46. The van der Waals surface area contributed by atoms with Crippen molar-refractivity contribution < 1.29 is 9.90 Å². The lowest BCUT2D eigenvalue weighted by Gasteiger charge is -2.41. The molecule has 5 nitrogen and oxygen atoms in total. The fraction of sp³-hybridized carbons (Fsp3) is 0.304. The first-order valence-electron chi connectivity index (χ1n) is 9.82. The van der Waals surface area contributed by atoms with Crippen molar-refractivity contribution in [2.24, 2.45) is 0 Å². The summed E-state index contributed by atoms with van der Waals surface area (Å²) in [5, 5.41) is 15.8. The summed E-state index contributed by atoms with van der Waals surface area (Å²) in [6.07, 6.45) is 1.65. The van der Waals surface area contributed by atoms with E-state index < -0.39 is 0 Å². The molecule has 1 aromatic heterocycles. The quantitative estimate of drug-likeness (QED) is 0.672. The van der Waals surface area contributed by atoms with Gasteiger partial charge in [-0.05, 0) is 49.1 Å². The maximum absolute atomic E-state index is 13.1. The number of amides is 1. The van der Waals surface area contributed by atoms with Crippen molar-refractivity contribution >= 4 is 22.4 Å². The van der Waals surface area contributed by atoms with Gasteiger partial charge in [-0.1, -0.05) is 30.3 Å². The molecule has 0 unspecified atom stereocenters. The van der Waals surface area contributed by atoms with E-state index in [2.05, 4.69) is 35.0 Å². The first kappa shape index (κ1) is 19.5. The third kappa shape index (κ3) is 3.60. The van der Waals surface area contributed by atoms with Gasteiger partial charge in [-0.15, -0.1) is 11.3 Å². The van der Waals surface area contributed by atoms with E-state index in [-0.39, 0.29) is 17.1 Å². The number of carbonyl (C=O) groups is 1. The van der Waals surface area contributed by atoms with Gasteiger partial charge in [0.05, 0.1) is 5.69 Å². The molecule has 6 heteroatoms. The largest absolute Gasteiger partial charge is 0.508 e. The van der Waals surface area contributed by atoms with E-state index in [4.69, 9.17) is 4.98 Å². The van der Waals surface area contributed by atoms with Crippen LogP contribution in [0.2, 0.25) is 0 Å². The summed E-state index contributed by atoms with van der Waals surface area (Å²) in [7, 11) is 1.89. The number of hydrogen-bond donors (Lipinski definition) is 2. The highest BCUT2D eigenvalue weighted by Gasteiger charge is 2.41. The van der Waals surface area contributed by atoms with Crippen molar-refractivity contribution in [2.45, 2.75) is 25.2 Å². The van der Waals surface area contributed by atoms with Crippen LogP contribution in [-0.4, -0.2) is 41.0 Å². The Labute approximate surface area is 175 Å². The third-order valence-corrected chi connectivity index (χ3v) is 6.74. The van der Waals surface area contributed by atoms with Gasteiger partial charge in [0, 0.05) is 36.5 Å². The monoisotopic (exact) mass is 407 g/mol. The van der Waals surface area contributed by atoms with Crippen molar-refractivity contribution in [3.8, 4) is 5.75 Å². The molecule has 0 aliphatic carbocycles. The molecule has 1 aliphatic rings. The Kier molecular flexibility index (Phi) is 5.28. The Hall–Kier alpha value is -2.86. The molecule has 0 bridgehead atoms. The summed E-state index contributed by atoms with van der Waals surface area (Å²) in [5.41, 5.74) is 3.59. The van der Waals surface area contributed by atoms with Gasteiger partial charge in [0.15, 0.2) is 5.13 Å². The summed E-state index contributed by atoms with van der Waals surface area (Å²) in [6.45, 7) is 3.20. The second-order valence-electron chi connectivity index (χ2n) is 7.53. The highest BCUT2D eigenvalue weighted by atomic mass is 32.1. The average Bonchev–Trinajstić information content (AvgIpc) is 3.24. The van der Waals surface area contributed by atoms with Gasteiger partial charge in [0.1, 0.15) is 5.75 Å². The SMILES string of the molecule is CNc1nc(C2(c3ccccc3)CCN(C(=O)c3ccc(O)cc3C)CC2)cs1. The summed E-state index contributed by atoms with van der Waals surface area (Å²) in [5.74, 6) is 0.211. The highest BCUT2D eigenvalue weighted by molar-refractivity contribution is 7.13. The standard InChI is InChI=1S/C23H25N3O2S/c1-16-14-18(27)8-9-19(16)21(28)26-12-10-23(11-13-26,17-6-4-3-5-7-17)20-15-29-22(24-2)25-20/h3-9,14-15,27H,10-13H2,1-2H3,(H,24,25). The number of rotatable bonds is 4. The molecule has 0 radical (unpaired) electrons. The molecule has 2 heterocycles. The van der Waals surface area contributed by atoms with Crippen LogP contribution in [0.3, 0.4) is 0 Å². The Morgan fingerprint density at radius 2 is 1.90 bits per heavy atom. The molecule has 29 heavy (non-hydrogen) atoms. The van der Waals surface area contributed by atoms with Crippen molar-refractivity contribution in [1.82, 2.24) is 9.88 Å². The molecule has 0 atom stereocenters. The zero-order valence-electron chi connectivity index (χ0n) is 16.7. The molecular weight excluding hydrogens is 382 g/mol. The number of nitrogens with zero attached hydrogens (tertiary/aromatic N) is 2. The minimum absolute atomic E-state index is 0.0263. The van der Waals surface area contributed by atoms with Gasteiger partial charge >= 0.3 is 0 Å². The number of hydrogen-bond acceptors (Lipinski definition) is 5. The predicted octanol–water partition coefficient (Wildman–Crippen LogP) is 4.42. The number of aromatic nitrogens is 1. The zero-order chi connectivity index (χ0) is 20.4. The number of nitrogens with one attached hydrogen (secondary N) is 1. The molecule has 0 spiro atoms. The van der Waals surface area contributed by atoms with Crippen molar-refractivity contribution in [2.75, 3.05) is 25.5 Å². The van der Waals surface area contributed by atoms with Gasteiger partial charge < -0.3 is 15.3 Å². The Bertz CT molecular complexity index is 1010. The molecular formula is C23H25N3O2S. The van der Waals surface area contributed by atoms with Crippen molar-refractivity contribution in [3.05, 3.63) is 76.3 Å². The Balaban J connectivity index is 1.62. The van der Waals surface area contributed by atoms with Crippen LogP contribution in [0.4, 0.5) is 5.13 Å². The molecule has 2 aromatic carbocycles. The second-order valence-corrected chi connectivity index (χ2v) is 8.39. The zero-order valence-corrected chi connectivity index (χ0v) is 17.5. The number of phenolic OH excluding ortho intramolecular Hbond substituents is 1. The summed E-state index contributed by atoms with van der Waals surface area (Å²) < 4.78 is 0. The van der Waals surface area contributed by atoms with E-state index in [9.17, 15) is 9.90 Å². The number of likely N-dealkylation sites (tertiary alicyclic amines) is 1. The lowest BCUT2D eigenvalue weighted by molar-refractivity contribution is 0.0683. The second kappa shape index (κ2) is 7.87. The first-order chi connectivity index (χ1) is 14.0. The van der Waals surface area contributed by atoms with E-state index in [0.717, 1.165) is 29.2 Å². The lowest BCUT2D eigenvalue weighted by atomic mass is 9.70. The molecule has 1 aliphatic heterocycles. The maximum Gasteiger partial charge on any atom is 0.254 e. The Morgan fingerprint density at radius 3 is 2.52 bits per heavy atom. The smallest absolute Gasteiger partial charge is 0.254 e. The van der Waals surface area contributed by atoms with Crippen LogP contribution in [-0.2, 0) is 5.41 Å². The van der Waals surface area contributed by atoms with Crippen LogP contribution in [0, 0.1) is 6.92 Å². The van der Waals surface area contributed by atoms with E-state index in [1.165, 1.54) is 5.56 Å². The summed E-state index contributed by atoms with van der Waals surface area (Å²) in [6, 6.07) is 15.4. The molecule has 0 saturated carbocycles. The molecule has 1 fully saturated rings. The normalized spacial score (nSPS) is 15.9. The van der Waals surface area contributed by atoms with Crippen LogP contribution >= 0.6 is 11.3 Å². The topological polar surface area (TPSA) is 65.5 Å². The number of benzene rings is 2. The van der Waals surface area contributed by atoms with Crippen molar-refractivity contribution in [1.29, 1.82) is 0 Å². The average molecular weight is 408 g/mol. The third-order valence-electron chi connectivity index (χ3n) is 5.88. The maximum atomic E-state index is 13.1. The fourth-order valence-corrected chi connectivity index (χ4v) is 4.98. The Morgan fingerprint density at radius 1 is 1.17 bits per heavy atom.